The number of sulfonamides is 1. The predicted molar refractivity (Wildman–Crippen MR) is 82.3 cm³/mol. The quantitative estimate of drug-likeness (QED) is 0.690. The summed E-state index contributed by atoms with van der Waals surface area (Å²) in [5, 5.41) is 0.838. The number of alkyl halides is 2. The zero-order chi connectivity index (χ0) is 14.7. The van der Waals surface area contributed by atoms with Crippen molar-refractivity contribution >= 4 is 53.5 Å². The van der Waals surface area contributed by atoms with Crippen molar-refractivity contribution in [1.29, 1.82) is 0 Å². The van der Waals surface area contributed by atoms with Gasteiger partial charge in [-0.3, -0.25) is 0 Å². The number of hydrogen-bond acceptors (Lipinski definition) is 2. The molecule has 3 nitrogen and oxygen atoms in total. The summed E-state index contributed by atoms with van der Waals surface area (Å²) in [6.07, 6.45) is 0.565. The van der Waals surface area contributed by atoms with Crippen molar-refractivity contribution in [2.45, 2.75) is 23.8 Å². The van der Waals surface area contributed by atoms with E-state index in [9.17, 15) is 12.8 Å². The van der Waals surface area contributed by atoms with Gasteiger partial charge in [0, 0.05) is 10.7 Å². The van der Waals surface area contributed by atoms with E-state index in [1.165, 1.54) is 6.07 Å². The molecule has 1 N–H and O–H groups in total. The summed E-state index contributed by atoms with van der Waals surface area (Å²) in [6, 6.07) is 3.25. The Balaban J connectivity index is 3.21. The molecule has 0 atom stereocenters. The predicted octanol–water partition coefficient (Wildman–Crippen LogP) is 3.70. The normalized spacial score (nSPS) is 12.7. The van der Waals surface area contributed by atoms with Gasteiger partial charge in [0.2, 0.25) is 10.0 Å². The van der Waals surface area contributed by atoms with Crippen molar-refractivity contribution in [2.24, 2.45) is 0 Å². The standard InChI is InChI=1S/C11H13Br2ClFNO2S/c1-2-11(6-12,7-13)16-19(17,18)10-5-8(15)3-4-9(10)14/h3-5,16H,2,6-7H2,1H3. The van der Waals surface area contributed by atoms with E-state index in [-0.39, 0.29) is 9.92 Å². The average molecular weight is 438 g/mol. The van der Waals surface area contributed by atoms with Crippen molar-refractivity contribution in [2.75, 3.05) is 10.7 Å². The molecule has 19 heavy (non-hydrogen) atoms. The molecule has 1 aromatic carbocycles. The largest absolute Gasteiger partial charge is 0.242 e. The first kappa shape index (κ1) is 17.4. The van der Waals surface area contributed by atoms with Crippen LogP contribution in [0, 0.1) is 5.82 Å². The van der Waals surface area contributed by atoms with Gasteiger partial charge in [0.1, 0.15) is 10.7 Å². The third-order valence-corrected chi connectivity index (χ3v) is 6.93. The molecule has 1 rings (SSSR count). The van der Waals surface area contributed by atoms with Gasteiger partial charge < -0.3 is 0 Å². The lowest BCUT2D eigenvalue weighted by Crippen LogP contribution is -2.50. The maximum Gasteiger partial charge on any atom is 0.242 e. The molecule has 0 aliphatic carbocycles. The molecule has 0 saturated carbocycles. The minimum atomic E-state index is -3.89. The van der Waals surface area contributed by atoms with Crippen LogP contribution in [0.25, 0.3) is 0 Å². The van der Waals surface area contributed by atoms with Crippen LogP contribution in [0.2, 0.25) is 5.02 Å². The van der Waals surface area contributed by atoms with Gasteiger partial charge in [-0.25, -0.2) is 17.5 Å². The number of rotatable bonds is 6. The van der Waals surface area contributed by atoms with Crippen LogP contribution >= 0.6 is 43.5 Å². The first-order valence-corrected chi connectivity index (χ1v) is 9.51. The molecule has 0 amide bonds. The van der Waals surface area contributed by atoms with Crippen molar-refractivity contribution in [3.05, 3.63) is 29.0 Å². The lowest BCUT2D eigenvalue weighted by Gasteiger charge is -2.29. The molecule has 1 aromatic rings. The van der Waals surface area contributed by atoms with Crippen LogP contribution in [0.1, 0.15) is 13.3 Å². The SMILES string of the molecule is CCC(CBr)(CBr)NS(=O)(=O)c1cc(F)ccc1Cl. The molecule has 0 aliphatic rings. The van der Waals surface area contributed by atoms with Gasteiger partial charge in [-0.1, -0.05) is 50.4 Å². The molecule has 0 unspecified atom stereocenters. The van der Waals surface area contributed by atoms with Crippen molar-refractivity contribution in [1.82, 2.24) is 4.72 Å². The van der Waals surface area contributed by atoms with Gasteiger partial charge in [0.05, 0.1) is 10.6 Å². The molecule has 0 aromatic heterocycles. The Morgan fingerprint density at radius 3 is 2.42 bits per heavy atom. The van der Waals surface area contributed by atoms with Crippen LogP contribution in [0.4, 0.5) is 4.39 Å². The highest BCUT2D eigenvalue weighted by atomic mass is 79.9. The summed E-state index contributed by atoms with van der Waals surface area (Å²) in [6.45, 7) is 1.86. The molecule has 0 radical (unpaired) electrons. The Kier molecular flexibility index (Phi) is 6.26. The lowest BCUT2D eigenvalue weighted by atomic mass is 10.0. The molecule has 0 spiro atoms. The zero-order valence-electron chi connectivity index (χ0n) is 10.1. The minimum Gasteiger partial charge on any atom is -0.207 e. The molecule has 0 bridgehead atoms. The van der Waals surface area contributed by atoms with Crippen LogP contribution in [0.3, 0.4) is 0 Å². The van der Waals surface area contributed by atoms with E-state index in [4.69, 9.17) is 11.6 Å². The van der Waals surface area contributed by atoms with Crippen LogP contribution in [0.15, 0.2) is 23.1 Å². The highest BCUT2D eigenvalue weighted by molar-refractivity contribution is 9.09. The van der Waals surface area contributed by atoms with Gasteiger partial charge in [0.25, 0.3) is 0 Å². The summed E-state index contributed by atoms with van der Waals surface area (Å²) in [7, 11) is -3.89. The Morgan fingerprint density at radius 1 is 1.37 bits per heavy atom. The minimum absolute atomic E-state index is 0.0111. The van der Waals surface area contributed by atoms with Gasteiger partial charge in [0.15, 0.2) is 0 Å². The van der Waals surface area contributed by atoms with Crippen molar-refractivity contribution in [3.8, 4) is 0 Å². The van der Waals surface area contributed by atoms with Gasteiger partial charge in [-0.15, -0.1) is 0 Å². The van der Waals surface area contributed by atoms with E-state index in [0.717, 1.165) is 12.1 Å². The number of halogens is 4. The molecule has 0 heterocycles. The second-order valence-electron chi connectivity index (χ2n) is 4.08. The van der Waals surface area contributed by atoms with Gasteiger partial charge >= 0.3 is 0 Å². The first-order chi connectivity index (χ1) is 8.80. The molecule has 0 aliphatic heterocycles. The monoisotopic (exact) mass is 435 g/mol. The second-order valence-corrected chi connectivity index (χ2v) is 7.26. The maximum absolute atomic E-state index is 13.2. The number of benzene rings is 1. The van der Waals surface area contributed by atoms with E-state index in [1.807, 2.05) is 6.92 Å². The number of nitrogens with one attached hydrogen (secondary N) is 1. The topological polar surface area (TPSA) is 46.2 Å². The molecule has 0 saturated heterocycles. The Labute approximate surface area is 134 Å². The third kappa shape index (κ3) is 4.14. The van der Waals surface area contributed by atoms with Crippen LogP contribution in [-0.4, -0.2) is 24.6 Å². The molecule has 8 heteroatoms. The Bertz CT molecular complexity index is 541. The summed E-state index contributed by atoms with van der Waals surface area (Å²) < 4.78 is 40.3. The fraction of sp³-hybridized carbons (Fsp3) is 0.455. The van der Waals surface area contributed by atoms with Crippen molar-refractivity contribution in [3.63, 3.8) is 0 Å². The summed E-state index contributed by atoms with van der Waals surface area (Å²) in [5.74, 6) is -0.649. The van der Waals surface area contributed by atoms with E-state index in [0.29, 0.717) is 17.1 Å². The first-order valence-electron chi connectivity index (χ1n) is 5.41. The molecule has 108 valence electrons. The summed E-state index contributed by atoms with van der Waals surface area (Å²) >= 11 is 12.4. The Morgan fingerprint density at radius 2 is 1.95 bits per heavy atom. The molecule has 0 fully saturated rings. The van der Waals surface area contributed by atoms with E-state index in [1.54, 1.807) is 0 Å². The second kappa shape index (κ2) is 6.85. The fourth-order valence-corrected chi connectivity index (χ4v) is 5.73. The maximum atomic E-state index is 13.2. The average Bonchev–Trinajstić information content (AvgIpc) is 2.39. The third-order valence-electron chi connectivity index (χ3n) is 2.72. The summed E-state index contributed by atoms with van der Waals surface area (Å²) in [4.78, 5) is -0.256. The highest BCUT2D eigenvalue weighted by Crippen LogP contribution is 2.26. The Hall–Kier alpha value is 0.310. The van der Waals surface area contributed by atoms with E-state index < -0.39 is 21.4 Å². The van der Waals surface area contributed by atoms with Crippen LogP contribution in [-0.2, 0) is 10.0 Å². The van der Waals surface area contributed by atoms with E-state index in [2.05, 4.69) is 36.6 Å². The lowest BCUT2D eigenvalue weighted by molar-refractivity contribution is 0.459. The fourth-order valence-electron chi connectivity index (χ4n) is 1.37. The van der Waals surface area contributed by atoms with Gasteiger partial charge in [-0.05, 0) is 24.6 Å². The van der Waals surface area contributed by atoms with Gasteiger partial charge in [-0.2, -0.15) is 0 Å². The number of hydrogen-bond donors (Lipinski definition) is 1. The van der Waals surface area contributed by atoms with Crippen LogP contribution in [0.5, 0.6) is 0 Å². The van der Waals surface area contributed by atoms with E-state index >= 15 is 0 Å². The van der Waals surface area contributed by atoms with Crippen molar-refractivity contribution < 1.29 is 12.8 Å². The van der Waals surface area contributed by atoms with Crippen LogP contribution < -0.4 is 4.72 Å². The molecular formula is C11H13Br2ClFNO2S. The molecular weight excluding hydrogens is 424 g/mol. The summed E-state index contributed by atoms with van der Waals surface area (Å²) in [5.41, 5.74) is -0.686. The zero-order valence-corrected chi connectivity index (χ0v) is 14.8. The highest BCUT2D eigenvalue weighted by Gasteiger charge is 2.33. The smallest absolute Gasteiger partial charge is 0.207 e.